The summed E-state index contributed by atoms with van der Waals surface area (Å²) in [4.78, 5) is 13.2. The van der Waals surface area contributed by atoms with E-state index in [1.165, 1.54) is 6.07 Å². The highest BCUT2D eigenvalue weighted by Gasteiger charge is 2.19. The normalized spacial score (nSPS) is 11.2. The van der Waals surface area contributed by atoms with Crippen LogP contribution in [0.2, 0.25) is 0 Å². The van der Waals surface area contributed by atoms with Crippen molar-refractivity contribution in [1.82, 2.24) is 9.78 Å². The molecular weight excluding hydrogens is 364 g/mol. The molecule has 0 fully saturated rings. The zero-order valence-corrected chi connectivity index (χ0v) is 15.4. The minimum absolute atomic E-state index is 0.0350. The largest absolute Gasteiger partial charge is 0.508 e. The van der Waals surface area contributed by atoms with Crippen molar-refractivity contribution < 1.29 is 9.52 Å². The van der Waals surface area contributed by atoms with Crippen molar-refractivity contribution >= 4 is 22.6 Å². The number of rotatable bonds is 4. The number of phenols is 1. The van der Waals surface area contributed by atoms with Gasteiger partial charge in [0.1, 0.15) is 17.1 Å². The van der Waals surface area contributed by atoms with Gasteiger partial charge in [0.15, 0.2) is 0 Å². The molecule has 4 aromatic rings. The number of fused-ring (bicyclic) bond motifs is 1. The SMILES string of the molecule is CCc1cc2c(=O)c(-c3cnn(-c4ccccc4)c3)c(CCl)oc2cc1O. The number of nitrogens with zero attached hydrogens (tertiary/aromatic N) is 2. The average Bonchev–Trinajstić information content (AvgIpc) is 3.17. The number of hydrogen-bond donors (Lipinski definition) is 1. The summed E-state index contributed by atoms with van der Waals surface area (Å²) in [6.45, 7) is 1.92. The second-order valence-electron chi connectivity index (χ2n) is 6.20. The summed E-state index contributed by atoms with van der Waals surface area (Å²) in [6.07, 6.45) is 4.02. The molecule has 0 aliphatic heterocycles. The summed E-state index contributed by atoms with van der Waals surface area (Å²) in [5.74, 6) is 0.497. The Kier molecular flexibility index (Phi) is 4.46. The Bertz CT molecular complexity index is 1180. The highest BCUT2D eigenvalue weighted by atomic mass is 35.5. The molecule has 0 amide bonds. The third kappa shape index (κ3) is 3.00. The molecule has 0 saturated heterocycles. The molecule has 0 saturated carbocycles. The minimum Gasteiger partial charge on any atom is -0.508 e. The lowest BCUT2D eigenvalue weighted by atomic mass is 10.0. The van der Waals surface area contributed by atoms with Crippen LogP contribution in [0.15, 0.2) is 64.1 Å². The van der Waals surface area contributed by atoms with Crippen molar-refractivity contribution in [3.63, 3.8) is 0 Å². The van der Waals surface area contributed by atoms with E-state index in [-0.39, 0.29) is 17.1 Å². The third-order valence-electron chi connectivity index (χ3n) is 4.56. The van der Waals surface area contributed by atoms with Gasteiger partial charge >= 0.3 is 0 Å². The second kappa shape index (κ2) is 6.93. The summed E-state index contributed by atoms with van der Waals surface area (Å²) in [5.41, 5.74) is 2.75. The van der Waals surface area contributed by atoms with Gasteiger partial charge in [-0.05, 0) is 30.2 Å². The lowest BCUT2D eigenvalue weighted by molar-refractivity contribution is 0.467. The maximum atomic E-state index is 13.2. The summed E-state index contributed by atoms with van der Waals surface area (Å²) in [7, 11) is 0. The van der Waals surface area contributed by atoms with Gasteiger partial charge in [-0.15, -0.1) is 11.6 Å². The number of benzene rings is 2. The maximum Gasteiger partial charge on any atom is 0.200 e. The molecule has 5 nitrogen and oxygen atoms in total. The predicted molar refractivity (Wildman–Crippen MR) is 106 cm³/mol. The van der Waals surface area contributed by atoms with Crippen LogP contribution in [0.1, 0.15) is 18.2 Å². The Morgan fingerprint density at radius 2 is 2.00 bits per heavy atom. The summed E-state index contributed by atoms with van der Waals surface area (Å²) < 4.78 is 7.54. The topological polar surface area (TPSA) is 68.3 Å². The first kappa shape index (κ1) is 17.4. The van der Waals surface area contributed by atoms with Crippen LogP contribution in [0.25, 0.3) is 27.8 Å². The van der Waals surface area contributed by atoms with Gasteiger partial charge in [0.05, 0.1) is 28.7 Å². The second-order valence-corrected chi connectivity index (χ2v) is 6.47. The molecule has 136 valence electrons. The van der Waals surface area contributed by atoms with Gasteiger partial charge in [-0.1, -0.05) is 25.1 Å². The van der Waals surface area contributed by atoms with E-state index in [0.717, 1.165) is 5.69 Å². The molecule has 0 aliphatic carbocycles. The van der Waals surface area contributed by atoms with Gasteiger partial charge in [0.25, 0.3) is 0 Å². The predicted octanol–water partition coefficient (Wildman–Crippen LogP) is 4.65. The number of halogens is 1. The molecule has 6 heteroatoms. The van der Waals surface area contributed by atoms with Crippen LogP contribution in [0, 0.1) is 0 Å². The van der Waals surface area contributed by atoms with Gasteiger partial charge in [-0.2, -0.15) is 5.10 Å². The van der Waals surface area contributed by atoms with E-state index in [1.807, 2.05) is 37.3 Å². The Hall–Kier alpha value is -3.05. The minimum atomic E-state index is -0.186. The van der Waals surface area contributed by atoms with Crippen LogP contribution < -0.4 is 5.43 Å². The fourth-order valence-corrected chi connectivity index (χ4v) is 3.35. The van der Waals surface area contributed by atoms with Crippen LogP contribution in [0.5, 0.6) is 5.75 Å². The molecule has 0 unspecified atom stereocenters. The van der Waals surface area contributed by atoms with Crippen molar-refractivity contribution in [1.29, 1.82) is 0 Å². The first-order valence-electron chi connectivity index (χ1n) is 8.60. The molecule has 2 heterocycles. The summed E-state index contributed by atoms with van der Waals surface area (Å²) in [5, 5.41) is 14.8. The number of para-hydroxylation sites is 1. The molecule has 2 aromatic heterocycles. The van der Waals surface area contributed by atoms with E-state index in [1.54, 1.807) is 23.1 Å². The molecule has 1 N–H and O–H groups in total. The Morgan fingerprint density at radius 1 is 1.22 bits per heavy atom. The van der Waals surface area contributed by atoms with Crippen LogP contribution in [-0.4, -0.2) is 14.9 Å². The van der Waals surface area contributed by atoms with Crippen LogP contribution in [0.3, 0.4) is 0 Å². The number of aromatic nitrogens is 2. The molecular formula is C21H17ClN2O3. The van der Waals surface area contributed by atoms with Gasteiger partial charge in [0, 0.05) is 17.8 Å². The molecule has 0 bridgehead atoms. The summed E-state index contributed by atoms with van der Waals surface area (Å²) >= 11 is 6.05. The molecule has 27 heavy (non-hydrogen) atoms. The summed E-state index contributed by atoms with van der Waals surface area (Å²) in [6, 6.07) is 12.8. The number of hydrogen-bond acceptors (Lipinski definition) is 4. The highest BCUT2D eigenvalue weighted by molar-refractivity contribution is 6.17. The number of aromatic hydroxyl groups is 1. The number of aryl methyl sites for hydroxylation is 1. The fraction of sp³-hybridized carbons (Fsp3) is 0.143. The van der Waals surface area contributed by atoms with E-state index in [2.05, 4.69) is 5.10 Å². The maximum absolute atomic E-state index is 13.2. The third-order valence-corrected chi connectivity index (χ3v) is 4.80. The van der Waals surface area contributed by atoms with Gasteiger partial charge < -0.3 is 9.52 Å². The Balaban J connectivity index is 1.93. The van der Waals surface area contributed by atoms with E-state index in [4.69, 9.17) is 16.0 Å². The fourth-order valence-electron chi connectivity index (χ4n) is 3.16. The van der Waals surface area contributed by atoms with E-state index < -0.39 is 0 Å². The van der Waals surface area contributed by atoms with Crippen LogP contribution in [-0.2, 0) is 12.3 Å². The highest BCUT2D eigenvalue weighted by Crippen LogP contribution is 2.30. The lowest BCUT2D eigenvalue weighted by Gasteiger charge is -2.09. The molecule has 0 radical (unpaired) electrons. The smallest absolute Gasteiger partial charge is 0.200 e. The van der Waals surface area contributed by atoms with Crippen molar-refractivity contribution in [2.45, 2.75) is 19.2 Å². The molecule has 2 aromatic carbocycles. The average molecular weight is 381 g/mol. The van der Waals surface area contributed by atoms with E-state index in [0.29, 0.717) is 39.8 Å². The molecule has 0 spiro atoms. The van der Waals surface area contributed by atoms with E-state index >= 15 is 0 Å². The van der Waals surface area contributed by atoms with Gasteiger partial charge in [0.2, 0.25) is 5.43 Å². The quantitative estimate of drug-likeness (QED) is 0.523. The first-order valence-corrected chi connectivity index (χ1v) is 9.13. The molecule has 0 atom stereocenters. The van der Waals surface area contributed by atoms with E-state index in [9.17, 15) is 9.90 Å². The first-order chi connectivity index (χ1) is 13.1. The zero-order chi connectivity index (χ0) is 19.0. The van der Waals surface area contributed by atoms with Crippen molar-refractivity contribution in [3.05, 3.63) is 76.4 Å². The Morgan fingerprint density at radius 3 is 2.70 bits per heavy atom. The van der Waals surface area contributed by atoms with Gasteiger partial charge in [-0.25, -0.2) is 4.68 Å². The van der Waals surface area contributed by atoms with Crippen LogP contribution in [0.4, 0.5) is 0 Å². The number of phenolic OH excluding ortho intramolecular Hbond substituents is 1. The van der Waals surface area contributed by atoms with Gasteiger partial charge in [-0.3, -0.25) is 4.79 Å². The zero-order valence-electron chi connectivity index (χ0n) is 14.6. The van der Waals surface area contributed by atoms with Crippen molar-refractivity contribution in [2.75, 3.05) is 0 Å². The van der Waals surface area contributed by atoms with Crippen molar-refractivity contribution in [2.24, 2.45) is 0 Å². The standard InChI is InChI=1S/C21H17ClN2O3/c1-2-13-8-16-18(9-17(13)25)27-19(10-22)20(21(16)26)14-11-23-24(12-14)15-6-4-3-5-7-15/h3-9,11-12,25H,2,10H2,1H3. The van der Waals surface area contributed by atoms with Crippen LogP contribution >= 0.6 is 11.6 Å². The number of alkyl halides is 1. The molecule has 4 rings (SSSR count). The molecule has 0 aliphatic rings. The Labute approximate surface area is 160 Å². The van der Waals surface area contributed by atoms with Crippen molar-refractivity contribution in [3.8, 4) is 22.6 Å². The lowest BCUT2D eigenvalue weighted by Crippen LogP contribution is -2.08. The monoisotopic (exact) mass is 380 g/mol.